The van der Waals surface area contributed by atoms with Crippen molar-refractivity contribution in [2.75, 3.05) is 55.4 Å². The van der Waals surface area contributed by atoms with Gasteiger partial charge in [-0.3, -0.25) is 13.9 Å². The lowest BCUT2D eigenvalue weighted by Crippen LogP contribution is -2.35. The van der Waals surface area contributed by atoms with Crippen molar-refractivity contribution in [3.05, 3.63) is 89.2 Å². The fourth-order valence-corrected chi connectivity index (χ4v) is 5.29. The molecule has 0 aliphatic carbocycles. The first-order chi connectivity index (χ1) is 19.0. The van der Waals surface area contributed by atoms with Crippen LogP contribution in [-0.4, -0.2) is 65.6 Å². The van der Waals surface area contributed by atoms with Crippen LogP contribution in [0.3, 0.4) is 0 Å². The number of nitrogens with zero attached hydrogens (tertiary/aromatic N) is 2. The number of amides is 2. The zero-order valence-corrected chi connectivity index (χ0v) is 23.6. The average Bonchev–Trinajstić information content (AvgIpc) is 3.22. The van der Waals surface area contributed by atoms with Crippen LogP contribution in [0.4, 0.5) is 21.5 Å². The van der Waals surface area contributed by atoms with Crippen molar-refractivity contribution < 1.29 is 22.4 Å². The molecule has 1 heterocycles. The lowest BCUT2D eigenvalue weighted by molar-refractivity contribution is -0.120. The molecular formula is C29H32FN5O4S. The Morgan fingerprint density at radius 2 is 1.65 bits per heavy atom. The third-order valence-electron chi connectivity index (χ3n) is 6.44. The number of carbonyl (C=O) groups excluding carboxylic acids is 2. The summed E-state index contributed by atoms with van der Waals surface area (Å²) in [6, 6.07) is 18.2. The summed E-state index contributed by atoms with van der Waals surface area (Å²) in [6.07, 6.45) is 1.38. The smallest absolute Gasteiger partial charge is 0.258 e. The van der Waals surface area contributed by atoms with Gasteiger partial charge in [0.05, 0.1) is 35.3 Å². The number of anilines is 3. The highest BCUT2D eigenvalue weighted by atomic mass is 32.2. The van der Waals surface area contributed by atoms with Gasteiger partial charge in [0.15, 0.2) is 0 Å². The van der Waals surface area contributed by atoms with Crippen LogP contribution >= 0.6 is 0 Å². The number of halogens is 1. The van der Waals surface area contributed by atoms with E-state index < -0.39 is 15.8 Å². The Balaban J connectivity index is 1.73. The highest BCUT2D eigenvalue weighted by Crippen LogP contribution is 2.38. The van der Waals surface area contributed by atoms with E-state index in [1.165, 1.54) is 22.7 Å². The molecule has 0 saturated heterocycles. The number of hydrogen-bond acceptors (Lipinski definition) is 6. The third kappa shape index (κ3) is 6.67. The van der Waals surface area contributed by atoms with Crippen LogP contribution in [-0.2, 0) is 26.0 Å². The Labute approximate surface area is 233 Å². The summed E-state index contributed by atoms with van der Waals surface area (Å²) in [5.41, 5.74) is 4.34. The second kappa shape index (κ2) is 11.9. The summed E-state index contributed by atoms with van der Waals surface area (Å²) in [5, 5.41) is 8.64. The molecule has 0 unspecified atom stereocenters. The lowest BCUT2D eigenvalue weighted by atomic mass is 9.98. The largest absolute Gasteiger partial charge is 0.359 e. The summed E-state index contributed by atoms with van der Waals surface area (Å²) in [6.45, 7) is 0.845. The summed E-state index contributed by atoms with van der Waals surface area (Å²) < 4.78 is 40.1. The number of rotatable bonds is 10. The molecule has 0 fully saturated rings. The zero-order chi connectivity index (χ0) is 29.0. The van der Waals surface area contributed by atoms with E-state index in [9.17, 15) is 22.4 Å². The van der Waals surface area contributed by atoms with Crippen molar-refractivity contribution in [2.24, 2.45) is 0 Å². The minimum atomic E-state index is -3.50. The molecule has 2 amide bonds. The first-order valence-electron chi connectivity index (χ1n) is 12.6. The monoisotopic (exact) mass is 565 g/mol. The van der Waals surface area contributed by atoms with Gasteiger partial charge in [0, 0.05) is 31.4 Å². The molecule has 3 aromatic carbocycles. The zero-order valence-electron chi connectivity index (χ0n) is 22.8. The van der Waals surface area contributed by atoms with Crippen LogP contribution in [0.5, 0.6) is 0 Å². The SMILES string of the molecule is CNC(=O)Cc1ccc(/C(Nc2ccc(N(CCN(C)C)S(C)(=O)=O)cc2)=C2/C(=O)Nc3cc(F)ccc32)cc1. The maximum Gasteiger partial charge on any atom is 0.258 e. The molecule has 210 valence electrons. The van der Waals surface area contributed by atoms with E-state index in [1.54, 1.807) is 37.4 Å². The second-order valence-corrected chi connectivity index (χ2v) is 11.7. The van der Waals surface area contributed by atoms with Gasteiger partial charge in [-0.05, 0) is 67.7 Å². The molecule has 0 radical (unpaired) electrons. The van der Waals surface area contributed by atoms with Gasteiger partial charge in [0.2, 0.25) is 15.9 Å². The minimum absolute atomic E-state index is 0.121. The van der Waals surface area contributed by atoms with E-state index >= 15 is 0 Å². The van der Waals surface area contributed by atoms with Gasteiger partial charge in [-0.25, -0.2) is 12.8 Å². The van der Waals surface area contributed by atoms with E-state index in [0.717, 1.165) is 5.56 Å². The highest BCUT2D eigenvalue weighted by Gasteiger charge is 2.29. The van der Waals surface area contributed by atoms with Crippen molar-refractivity contribution >= 4 is 50.2 Å². The van der Waals surface area contributed by atoms with Crippen LogP contribution < -0.4 is 20.3 Å². The maximum atomic E-state index is 13.9. The van der Waals surface area contributed by atoms with Crippen molar-refractivity contribution in [2.45, 2.75) is 6.42 Å². The normalized spacial score (nSPS) is 14.0. The molecule has 0 aromatic heterocycles. The topological polar surface area (TPSA) is 111 Å². The van der Waals surface area contributed by atoms with Gasteiger partial charge in [-0.2, -0.15) is 0 Å². The molecule has 3 aromatic rings. The number of nitrogens with one attached hydrogen (secondary N) is 3. The Morgan fingerprint density at radius 3 is 2.25 bits per heavy atom. The number of carbonyl (C=O) groups is 2. The quantitative estimate of drug-likeness (QED) is 0.325. The molecule has 0 spiro atoms. The molecule has 9 nitrogen and oxygen atoms in total. The van der Waals surface area contributed by atoms with E-state index in [0.29, 0.717) is 52.5 Å². The first kappa shape index (κ1) is 28.8. The van der Waals surface area contributed by atoms with Crippen LogP contribution in [0.25, 0.3) is 11.3 Å². The lowest BCUT2D eigenvalue weighted by Gasteiger charge is -2.24. The number of sulfonamides is 1. The first-order valence-corrected chi connectivity index (χ1v) is 14.5. The van der Waals surface area contributed by atoms with E-state index in [1.807, 2.05) is 43.3 Å². The Hall–Kier alpha value is -4.22. The molecule has 1 aliphatic heterocycles. The molecule has 0 bridgehead atoms. The van der Waals surface area contributed by atoms with Gasteiger partial charge >= 0.3 is 0 Å². The third-order valence-corrected chi connectivity index (χ3v) is 7.63. The summed E-state index contributed by atoms with van der Waals surface area (Å²) >= 11 is 0. The molecule has 11 heteroatoms. The number of likely N-dealkylation sites (N-methyl/N-ethyl adjacent to an activating group) is 2. The number of benzene rings is 3. The van der Waals surface area contributed by atoms with E-state index in [4.69, 9.17) is 0 Å². The molecule has 0 saturated carbocycles. The molecule has 3 N–H and O–H groups in total. The van der Waals surface area contributed by atoms with Crippen molar-refractivity contribution in [1.82, 2.24) is 10.2 Å². The Bertz CT molecular complexity index is 1550. The van der Waals surface area contributed by atoms with Gasteiger partial charge in [0.1, 0.15) is 5.82 Å². The number of hydrogen-bond donors (Lipinski definition) is 3. The Kier molecular flexibility index (Phi) is 8.55. The second-order valence-electron chi connectivity index (χ2n) is 9.75. The van der Waals surface area contributed by atoms with Crippen LogP contribution in [0.2, 0.25) is 0 Å². The summed E-state index contributed by atoms with van der Waals surface area (Å²) in [7, 11) is 1.82. The van der Waals surface area contributed by atoms with E-state index in [2.05, 4.69) is 16.0 Å². The molecule has 40 heavy (non-hydrogen) atoms. The van der Waals surface area contributed by atoms with Crippen LogP contribution in [0, 0.1) is 5.82 Å². The van der Waals surface area contributed by atoms with Crippen molar-refractivity contribution in [1.29, 1.82) is 0 Å². The van der Waals surface area contributed by atoms with E-state index in [-0.39, 0.29) is 18.2 Å². The number of fused-ring (bicyclic) bond motifs is 1. The van der Waals surface area contributed by atoms with Gasteiger partial charge in [0.25, 0.3) is 5.91 Å². The predicted molar refractivity (Wildman–Crippen MR) is 157 cm³/mol. The molecule has 1 aliphatic rings. The van der Waals surface area contributed by atoms with Gasteiger partial charge < -0.3 is 20.9 Å². The molecule has 0 atom stereocenters. The molecule has 4 rings (SSSR count). The highest BCUT2D eigenvalue weighted by molar-refractivity contribution is 7.92. The van der Waals surface area contributed by atoms with Crippen LogP contribution in [0.15, 0.2) is 66.7 Å². The van der Waals surface area contributed by atoms with Crippen molar-refractivity contribution in [3.63, 3.8) is 0 Å². The standard InChI is InChI=1S/C29H32FN5O4S/c1-31-26(36)17-19-5-7-20(8-6-19)28(27-24-14-9-21(30)18-25(24)33-29(27)37)32-22-10-12-23(13-11-22)35(40(4,38)39)16-15-34(2)3/h5-14,18,32H,15-17H2,1-4H3,(H,31,36)(H,33,37)/b28-27-. The van der Waals surface area contributed by atoms with Crippen LogP contribution in [0.1, 0.15) is 16.7 Å². The minimum Gasteiger partial charge on any atom is -0.359 e. The van der Waals surface area contributed by atoms with Crippen molar-refractivity contribution in [3.8, 4) is 0 Å². The average molecular weight is 566 g/mol. The Morgan fingerprint density at radius 1 is 0.975 bits per heavy atom. The summed E-state index contributed by atoms with van der Waals surface area (Å²) in [5.74, 6) is -0.973. The summed E-state index contributed by atoms with van der Waals surface area (Å²) in [4.78, 5) is 26.8. The predicted octanol–water partition coefficient (Wildman–Crippen LogP) is 3.37. The fourth-order valence-electron chi connectivity index (χ4n) is 4.37. The van der Waals surface area contributed by atoms with Gasteiger partial charge in [-0.1, -0.05) is 24.3 Å². The fraction of sp³-hybridized carbons (Fsp3) is 0.241. The maximum absolute atomic E-state index is 13.9. The molecular weight excluding hydrogens is 533 g/mol. The van der Waals surface area contributed by atoms with Gasteiger partial charge in [-0.15, -0.1) is 0 Å².